The highest BCUT2D eigenvalue weighted by atomic mass is 35.5. The Labute approximate surface area is 71.3 Å². The van der Waals surface area contributed by atoms with Crippen molar-refractivity contribution < 1.29 is 4.79 Å². The number of rotatable bonds is 1. The van der Waals surface area contributed by atoms with Gasteiger partial charge in [-0.05, 0) is 11.6 Å². The quantitative estimate of drug-likeness (QED) is 0.466. The van der Waals surface area contributed by atoms with E-state index >= 15 is 0 Å². The van der Waals surface area contributed by atoms with E-state index in [1.165, 1.54) is 0 Å². The Morgan fingerprint density at radius 3 is 1.91 bits per heavy atom. The first-order chi connectivity index (χ1) is 5.30. The van der Waals surface area contributed by atoms with Crippen LogP contribution in [-0.2, 0) is 0 Å². The third kappa shape index (κ3) is 3.58. The second-order valence-electron chi connectivity index (χ2n) is 1.64. The summed E-state index contributed by atoms with van der Waals surface area (Å²) in [5.74, 6) is 0. The zero-order chi connectivity index (χ0) is 8.69. The molecule has 0 spiro atoms. The number of carbonyl (C=O) groups is 1. The number of hydrogen-bond donors (Lipinski definition) is 0. The van der Waals surface area contributed by atoms with E-state index in [1.54, 1.807) is 24.3 Å². The van der Waals surface area contributed by atoms with Gasteiger partial charge in [-0.15, -0.1) is 13.2 Å². The van der Waals surface area contributed by atoms with Crippen LogP contribution in [0.1, 0.15) is 10.4 Å². The van der Waals surface area contributed by atoms with Crippen LogP contribution in [0.2, 0.25) is 0 Å². The van der Waals surface area contributed by atoms with Crippen LogP contribution in [0.5, 0.6) is 0 Å². The number of carbonyl (C=O) groups excluding carboxylic acids is 1. The van der Waals surface area contributed by atoms with Crippen LogP contribution in [0.25, 0.3) is 0 Å². The third-order valence-electron chi connectivity index (χ3n) is 1.00. The summed E-state index contributed by atoms with van der Waals surface area (Å²) < 4.78 is 0. The largest absolute Gasteiger partial charge is 0.276 e. The second kappa shape index (κ2) is 5.69. The topological polar surface area (TPSA) is 17.1 Å². The first kappa shape index (κ1) is 9.92. The molecule has 2 heteroatoms. The summed E-state index contributed by atoms with van der Waals surface area (Å²) in [6.07, 6.45) is 0. The molecule has 0 amide bonds. The fraction of sp³-hybridized carbons (Fsp3) is 0. The molecule has 1 nitrogen and oxygen atoms in total. The molecule has 0 fully saturated rings. The van der Waals surface area contributed by atoms with E-state index in [0.717, 1.165) is 0 Å². The van der Waals surface area contributed by atoms with Crippen LogP contribution < -0.4 is 0 Å². The first-order valence-corrected chi connectivity index (χ1v) is 3.43. The summed E-state index contributed by atoms with van der Waals surface area (Å²) in [5.41, 5.74) is 0.541. The highest BCUT2D eigenvalue weighted by Crippen LogP contribution is 2.01. The number of benzene rings is 1. The van der Waals surface area contributed by atoms with Gasteiger partial charge in [-0.3, -0.25) is 4.79 Å². The van der Waals surface area contributed by atoms with Gasteiger partial charge in [-0.1, -0.05) is 30.3 Å². The van der Waals surface area contributed by atoms with Crippen LogP contribution in [0.4, 0.5) is 0 Å². The molecule has 58 valence electrons. The van der Waals surface area contributed by atoms with Crippen LogP contribution in [0, 0.1) is 0 Å². The Bertz CT molecular complexity index is 218. The van der Waals surface area contributed by atoms with E-state index in [2.05, 4.69) is 13.2 Å². The van der Waals surface area contributed by atoms with E-state index in [4.69, 9.17) is 11.6 Å². The molecule has 0 aliphatic heterocycles. The highest BCUT2D eigenvalue weighted by molar-refractivity contribution is 6.67. The van der Waals surface area contributed by atoms with Gasteiger partial charge in [0.1, 0.15) is 0 Å². The Kier molecular flexibility index (Phi) is 5.13. The smallest absolute Gasteiger partial charge is 0.252 e. The Balaban J connectivity index is 0.000000461. The molecule has 0 aliphatic rings. The van der Waals surface area contributed by atoms with E-state index in [-0.39, 0.29) is 0 Å². The minimum absolute atomic E-state index is 0.407. The molecular formula is C9H9ClO. The van der Waals surface area contributed by atoms with Crippen molar-refractivity contribution in [2.75, 3.05) is 0 Å². The highest BCUT2D eigenvalue weighted by Gasteiger charge is 1.95. The minimum atomic E-state index is -0.407. The average Bonchev–Trinajstić information content (AvgIpc) is 2.10. The molecule has 0 saturated carbocycles. The third-order valence-corrected chi connectivity index (χ3v) is 1.22. The Morgan fingerprint density at radius 2 is 1.64 bits per heavy atom. The molecule has 1 aromatic carbocycles. The molecule has 0 N–H and O–H groups in total. The normalized spacial score (nSPS) is 7.73. The van der Waals surface area contributed by atoms with Gasteiger partial charge in [0.05, 0.1) is 0 Å². The van der Waals surface area contributed by atoms with Gasteiger partial charge in [0.2, 0.25) is 0 Å². The predicted octanol–water partition coefficient (Wildman–Crippen LogP) is 2.87. The lowest BCUT2D eigenvalue weighted by Crippen LogP contribution is -1.84. The monoisotopic (exact) mass is 168 g/mol. The minimum Gasteiger partial charge on any atom is -0.276 e. The lowest BCUT2D eigenvalue weighted by molar-refractivity contribution is 0.108. The van der Waals surface area contributed by atoms with Gasteiger partial charge in [0.15, 0.2) is 0 Å². The average molecular weight is 169 g/mol. The van der Waals surface area contributed by atoms with Crippen molar-refractivity contribution in [1.29, 1.82) is 0 Å². The van der Waals surface area contributed by atoms with Gasteiger partial charge >= 0.3 is 0 Å². The predicted molar refractivity (Wildman–Crippen MR) is 47.9 cm³/mol. The Morgan fingerprint density at radius 1 is 1.18 bits per heavy atom. The standard InChI is InChI=1S/C7H5ClO.C2H4/c8-7(9)6-4-2-1-3-5-6;1-2/h1-5H;1-2H2. The van der Waals surface area contributed by atoms with Gasteiger partial charge in [0.25, 0.3) is 5.24 Å². The molecule has 0 aromatic heterocycles. The maximum Gasteiger partial charge on any atom is 0.252 e. The molecule has 11 heavy (non-hydrogen) atoms. The van der Waals surface area contributed by atoms with E-state index in [0.29, 0.717) is 5.56 Å². The van der Waals surface area contributed by atoms with Crippen molar-refractivity contribution in [3.8, 4) is 0 Å². The van der Waals surface area contributed by atoms with E-state index in [1.807, 2.05) is 6.07 Å². The van der Waals surface area contributed by atoms with Crippen molar-refractivity contribution in [2.45, 2.75) is 0 Å². The Hall–Kier alpha value is -1.08. The van der Waals surface area contributed by atoms with Crippen LogP contribution in [-0.4, -0.2) is 5.24 Å². The van der Waals surface area contributed by atoms with Crippen molar-refractivity contribution >= 4 is 16.8 Å². The molecule has 0 heterocycles. The lowest BCUT2D eigenvalue weighted by Gasteiger charge is -1.87. The molecule has 0 bridgehead atoms. The summed E-state index contributed by atoms with van der Waals surface area (Å²) in [6.45, 7) is 6.00. The summed E-state index contributed by atoms with van der Waals surface area (Å²) in [4.78, 5) is 10.4. The van der Waals surface area contributed by atoms with Crippen molar-refractivity contribution in [1.82, 2.24) is 0 Å². The molecular weight excluding hydrogens is 160 g/mol. The molecule has 0 saturated heterocycles. The maximum absolute atomic E-state index is 10.4. The van der Waals surface area contributed by atoms with Gasteiger partial charge in [0, 0.05) is 5.56 Å². The summed E-state index contributed by atoms with van der Waals surface area (Å²) >= 11 is 5.16. The first-order valence-electron chi connectivity index (χ1n) is 3.05. The fourth-order valence-corrected chi connectivity index (χ4v) is 0.695. The SMILES string of the molecule is C=C.O=C(Cl)c1ccccc1. The lowest BCUT2D eigenvalue weighted by atomic mass is 10.2. The van der Waals surface area contributed by atoms with Crippen molar-refractivity contribution in [3.63, 3.8) is 0 Å². The molecule has 0 atom stereocenters. The zero-order valence-corrected chi connectivity index (χ0v) is 6.84. The summed E-state index contributed by atoms with van der Waals surface area (Å²) in [6, 6.07) is 8.74. The van der Waals surface area contributed by atoms with Crippen LogP contribution >= 0.6 is 11.6 Å². The number of hydrogen-bond acceptors (Lipinski definition) is 1. The fourth-order valence-electron chi connectivity index (χ4n) is 0.569. The molecule has 0 unspecified atom stereocenters. The molecule has 0 aliphatic carbocycles. The maximum atomic E-state index is 10.4. The van der Waals surface area contributed by atoms with Crippen molar-refractivity contribution in [3.05, 3.63) is 49.1 Å². The van der Waals surface area contributed by atoms with E-state index in [9.17, 15) is 4.79 Å². The van der Waals surface area contributed by atoms with Crippen LogP contribution in [0.15, 0.2) is 43.5 Å². The zero-order valence-electron chi connectivity index (χ0n) is 6.09. The summed E-state index contributed by atoms with van der Waals surface area (Å²) in [7, 11) is 0. The van der Waals surface area contributed by atoms with Gasteiger partial charge < -0.3 is 0 Å². The van der Waals surface area contributed by atoms with Gasteiger partial charge in [-0.2, -0.15) is 0 Å². The number of halogens is 1. The second-order valence-corrected chi connectivity index (χ2v) is 1.98. The van der Waals surface area contributed by atoms with Crippen molar-refractivity contribution in [2.24, 2.45) is 0 Å². The summed E-state index contributed by atoms with van der Waals surface area (Å²) in [5, 5.41) is -0.407. The van der Waals surface area contributed by atoms with E-state index < -0.39 is 5.24 Å². The van der Waals surface area contributed by atoms with Crippen LogP contribution in [0.3, 0.4) is 0 Å². The molecule has 0 radical (unpaired) electrons. The molecule has 1 rings (SSSR count). The molecule has 1 aromatic rings. The van der Waals surface area contributed by atoms with Gasteiger partial charge in [-0.25, -0.2) is 0 Å².